The van der Waals surface area contributed by atoms with Gasteiger partial charge in [-0.25, -0.2) is 0 Å². The summed E-state index contributed by atoms with van der Waals surface area (Å²) in [5.74, 6) is 0.843. The van der Waals surface area contributed by atoms with Crippen molar-refractivity contribution in [2.75, 3.05) is 19.8 Å². The van der Waals surface area contributed by atoms with Crippen LogP contribution in [-0.2, 0) is 5.54 Å². The topological polar surface area (TPSA) is 41.5 Å². The molecule has 0 amide bonds. The van der Waals surface area contributed by atoms with Gasteiger partial charge in [-0.1, -0.05) is 35.9 Å². The molecule has 30 heavy (non-hydrogen) atoms. The van der Waals surface area contributed by atoms with E-state index >= 15 is 0 Å². The Morgan fingerprint density at radius 3 is 2.63 bits per heavy atom. The molecule has 1 aliphatic rings. The van der Waals surface area contributed by atoms with Crippen LogP contribution in [0.25, 0.3) is 0 Å². The fraction of sp³-hybridized carbons (Fsp3) is 0.333. The van der Waals surface area contributed by atoms with E-state index in [0.717, 1.165) is 35.1 Å². The highest BCUT2D eigenvalue weighted by atomic mass is 35.5. The van der Waals surface area contributed by atoms with Crippen LogP contribution in [0.2, 0.25) is 5.02 Å². The maximum Gasteiger partial charge on any atom is 0.119 e. The minimum absolute atomic E-state index is 0.149. The van der Waals surface area contributed by atoms with E-state index in [-0.39, 0.29) is 12.1 Å². The quantitative estimate of drug-likeness (QED) is 0.408. The summed E-state index contributed by atoms with van der Waals surface area (Å²) in [5, 5.41) is 18.5. The minimum Gasteiger partial charge on any atom is -0.494 e. The first-order valence-electron chi connectivity index (χ1n) is 10.2. The van der Waals surface area contributed by atoms with Crippen LogP contribution < -0.4 is 10.1 Å². The fourth-order valence-electron chi connectivity index (χ4n) is 3.93. The van der Waals surface area contributed by atoms with Gasteiger partial charge >= 0.3 is 0 Å². The van der Waals surface area contributed by atoms with Gasteiger partial charge in [0.1, 0.15) is 5.75 Å². The summed E-state index contributed by atoms with van der Waals surface area (Å²) in [7, 11) is 0. The number of benzene rings is 2. The molecule has 6 heteroatoms. The van der Waals surface area contributed by atoms with Crippen molar-refractivity contribution in [3.8, 4) is 5.75 Å². The molecule has 2 unspecified atom stereocenters. The SMILES string of the molecule is OCCCOc1ccc(C2(c3ccsc3)CCC(Sc3ccccc3Cl)CN2)cc1. The molecule has 0 bridgehead atoms. The Kier molecular flexibility index (Phi) is 7.39. The number of piperidine rings is 1. The normalized spacial score (nSPS) is 21.5. The second kappa shape index (κ2) is 10.2. The molecule has 4 rings (SSSR count). The van der Waals surface area contributed by atoms with Crippen molar-refractivity contribution in [3.63, 3.8) is 0 Å². The summed E-state index contributed by atoms with van der Waals surface area (Å²) >= 11 is 9.97. The van der Waals surface area contributed by atoms with Crippen molar-refractivity contribution in [2.45, 2.75) is 34.9 Å². The van der Waals surface area contributed by atoms with E-state index in [1.165, 1.54) is 11.1 Å². The van der Waals surface area contributed by atoms with Gasteiger partial charge in [0.05, 0.1) is 17.2 Å². The van der Waals surface area contributed by atoms with Gasteiger partial charge in [0.15, 0.2) is 0 Å². The minimum atomic E-state index is -0.179. The summed E-state index contributed by atoms with van der Waals surface area (Å²) < 4.78 is 5.71. The van der Waals surface area contributed by atoms with Crippen LogP contribution >= 0.6 is 34.7 Å². The molecule has 3 aromatic rings. The summed E-state index contributed by atoms with van der Waals surface area (Å²) in [6.07, 6.45) is 2.77. The second-order valence-electron chi connectivity index (χ2n) is 7.46. The summed E-state index contributed by atoms with van der Waals surface area (Å²) in [6, 6.07) is 18.7. The molecule has 1 fully saturated rings. The molecule has 0 radical (unpaired) electrons. The lowest BCUT2D eigenvalue weighted by atomic mass is 9.78. The molecule has 3 nitrogen and oxygen atoms in total. The van der Waals surface area contributed by atoms with Gasteiger partial charge in [0, 0.05) is 29.7 Å². The van der Waals surface area contributed by atoms with Crippen LogP contribution in [0.5, 0.6) is 5.75 Å². The number of ether oxygens (including phenoxy) is 1. The van der Waals surface area contributed by atoms with Crippen LogP contribution in [0, 0.1) is 0 Å². The number of halogens is 1. The molecule has 158 valence electrons. The Bertz CT molecular complexity index is 923. The van der Waals surface area contributed by atoms with Crippen LogP contribution in [-0.4, -0.2) is 30.1 Å². The van der Waals surface area contributed by atoms with Gasteiger partial charge in [-0.05, 0) is 65.1 Å². The molecule has 2 atom stereocenters. The molecule has 1 aromatic heterocycles. The smallest absolute Gasteiger partial charge is 0.119 e. The average molecular weight is 460 g/mol. The number of thioether (sulfide) groups is 1. The third kappa shape index (κ3) is 4.87. The third-order valence-electron chi connectivity index (χ3n) is 5.54. The number of aliphatic hydroxyl groups excluding tert-OH is 1. The highest BCUT2D eigenvalue weighted by Crippen LogP contribution is 2.42. The lowest BCUT2D eigenvalue weighted by molar-refractivity contribution is 0.233. The molecule has 0 spiro atoms. The number of thiophene rings is 1. The molecular formula is C24H26ClNO2S2. The van der Waals surface area contributed by atoms with E-state index in [1.54, 1.807) is 11.3 Å². The van der Waals surface area contributed by atoms with E-state index in [2.05, 4.69) is 40.3 Å². The molecule has 2 aromatic carbocycles. The zero-order valence-corrected chi connectivity index (χ0v) is 19.1. The highest BCUT2D eigenvalue weighted by Gasteiger charge is 2.38. The zero-order chi connectivity index (χ0) is 20.8. The standard InChI is InChI=1S/C24H26ClNO2S2/c25-22-4-1-2-5-23(22)30-21-10-12-24(26-16-21,19-11-15-29-17-19)18-6-8-20(9-7-18)28-14-3-13-27/h1-2,4-9,11,15,17,21,26-27H,3,10,12-14,16H2. The van der Waals surface area contributed by atoms with Crippen LogP contribution in [0.15, 0.2) is 70.3 Å². The lowest BCUT2D eigenvalue weighted by Crippen LogP contribution is -2.50. The van der Waals surface area contributed by atoms with Crippen molar-refractivity contribution in [1.29, 1.82) is 0 Å². The highest BCUT2D eigenvalue weighted by molar-refractivity contribution is 8.00. The Balaban J connectivity index is 1.50. The first-order chi connectivity index (χ1) is 14.7. The van der Waals surface area contributed by atoms with E-state index in [1.807, 2.05) is 42.1 Å². The predicted octanol–water partition coefficient (Wildman–Crippen LogP) is 5.95. The zero-order valence-electron chi connectivity index (χ0n) is 16.7. The van der Waals surface area contributed by atoms with Gasteiger partial charge in [-0.3, -0.25) is 0 Å². The largest absolute Gasteiger partial charge is 0.494 e. The first kappa shape index (κ1) is 21.7. The summed E-state index contributed by atoms with van der Waals surface area (Å²) in [6.45, 7) is 1.60. The van der Waals surface area contributed by atoms with Crippen molar-refractivity contribution >= 4 is 34.7 Å². The molecule has 0 aliphatic carbocycles. The monoisotopic (exact) mass is 459 g/mol. The number of hydrogen-bond acceptors (Lipinski definition) is 5. The van der Waals surface area contributed by atoms with Crippen LogP contribution in [0.3, 0.4) is 0 Å². The molecular weight excluding hydrogens is 434 g/mol. The Morgan fingerprint density at radius 1 is 1.13 bits per heavy atom. The predicted molar refractivity (Wildman–Crippen MR) is 127 cm³/mol. The number of nitrogens with one attached hydrogen (secondary N) is 1. The first-order valence-corrected chi connectivity index (χ1v) is 12.4. The van der Waals surface area contributed by atoms with Gasteiger partial charge in [-0.15, -0.1) is 11.8 Å². The van der Waals surface area contributed by atoms with Crippen molar-refractivity contribution in [2.24, 2.45) is 0 Å². The Hall–Kier alpha value is -1.50. The summed E-state index contributed by atoms with van der Waals surface area (Å²) in [5.41, 5.74) is 2.40. The molecule has 1 saturated heterocycles. The van der Waals surface area contributed by atoms with E-state index < -0.39 is 0 Å². The lowest BCUT2D eigenvalue weighted by Gasteiger charge is -2.41. The van der Waals surface area contributed by atoms with E-state index in [9.17, 15) is 0 Å². The van der Waals surface area contributed by atoms with Crippen molar-refractivity contribution < 1.29 is 9.84 Å². The second-order valence-corrected chi connectivity index (χ2v) is 9.99. The number of aliphatic hydroxyl groups is 1. The third-order valence-corrected chi connectivity index (χ3v) is 8.01. The summed E-state index contributed by atoms with van der Waals surface area (Å²) in [4.78, 5) is 1.15. The maximum atomic E-state index is 8.93. The van der Waals surface area contributed by atoms with Crippen molar-refractivity contribution in [1.82, 2.24) is 5.32 Å². The van der Waals surface area contributed by atoms with E-state index in [0.29, 0.717) is 18.3 Å². The number of rotatable bonds is 8. The Morgan fingerprint density at radius 2 is 1.97 bits per heavy atom. The Labute approximate surface area is 191 Å². The van der Waals surface area contributed by atoms with Gasteiger partial charge in [0.2, 0.25) is 0 Å². The fourth-order valence-corrected chi connectivity index (χ4v) is 6.03. The molecule has 2 heterocycles. The molecule has 2 N–H and O–H groups in total. The van der Waals surface area contributed by atoms with Crippen molar-refractivity contribution in [3.05, 3.63) is 81.5 Å². The van der Waals surface area contributed by atoms with Crippen LogP contribution in [0.4, 0.5) is 0 Å². The number of hydrogen-bond donors (Lipinski definition) is 2. The molecule has 1 aliphatic heterocycles. The maximum absolute atomic E-state index is 8.93. The van der Waals surface area contributed by atoms with E-state index in [4.69, 9.17) is 21.4 Å². The average Bonchev–Trinajstić information content (AvgIpc) is 3.32. The molecule has 0 saturated carbocycles. The van der Waals surface area contributed by atoms with Gasteiger partial charge in [-0.2, -0.15) is 11.3 Å². The van der Waals surface area contributed by atoms with Crippen LogP contribution in [0.1, 0.15) is 30.4 Å². The van der Waals surface area contributed by atoms with Gasteiger partial charge < -0.3 is 15.2 Å². The van der Waals surface area contributed by atoms with Gasteiger partial charge in [0.25, 0.3) is 0 Å².